The van der Waals surface area contributed by atoms with Gasteiger partial charge in [0.15, 0.2) is 0 Å². The maximum Gasteiger partial charge on any atom is 0.342 e. The number of ether oxygens (including phenoxy) is 2. The lowest BCUT2D eigenvalue weighted by atomic mass is 10.1. The molecule has 0 saturated carbocycles. The number of thiophene rings is 1. The van der Waals surface area contributed by atoms with Crippen LogP contribution in [0.2, 0.25) is 10.0 Å². The fourth-order valence-electron chi connectivity index (χ4n) is 2.64. The van der Waals surface area contributed by atoms with E-state index in [4.69, 9.17) is 32.7 Å². The number of benzene rings is 2. The molecule has 0 spiro atoms. The number of hydrogen-bond donors (Lipinski definition) is 0. The van der Waals surface area contributed by atoms with Crippen molar-refractivity contribution in [2.45, 2.75) is 13.8 Å². The molecule has 8 nitrogen and oxygen atoms in total. The quantitative estimate of drug-likeness (QED) is 0.221. The van der Waals surface area contributed by atoms with Crippen LogP contribution in [0.1, 0.15) is 34.6 Å². The Kier molecular flexibility index (Phi) is 9.49. The van der Waals surface area contributed by atoms with Gasteiger partial charge in [0.25, 0.3) is 0 Å². The highest BCUT2D eigenvalue weighted by atomic mass is 35.5. The molecule has 0 unspecified atom stereocenters. The molecule has 1 aromatic heterocycles. The second-order valence-electron chi connectivity index (χ2n) is 6.50. The first kappa shape index (κ1) is 26.0. The summed E-state index contributed by atoms with van der Waals surface area (Å²) in [5.74, 6) is -1.51. The molecule has 2 aromatic carbocycles. The van der Waals surface area contributed by atoms with Gasteiger partial charge in [-0.25, -0.2) is 9.59 Å². The monoisotopic (exact) mass is 528 g/mol. The van der Waals surface area contributed by atoms with E-state index in [0.29, 0.717) is 21.4 Å². The van der Waals surface area contributed by atoms with Crippen LogP contribution in [0.4, 0.5) is 21.4 Å². The molecule has 0 saturated heterocycles. The molecule has 0 amide bonds. The first-order valence-electron chi connectivity index (χ1n) is 10.3. The Morgan fingerprint density at radius 2 is 1.09 bits per heavy atom. The molecule has 0 aliphatic heterocycles. The number of rotatable bonds is 8. The zero-order valence-corrected chi connectivity index (χ0v) is 20.9. The molecule has 0 fully saturated rings. The highest BCUT2D eigenvalue weighted by Gasteiger charge is 2.30. The van der Waals surface area contributed by atoms with Gasteiger partial charge in [0.1, 0.15) is 33.1 Å². The van der Waals surface area contributed by atoms with E-state index in [0.717, 1.165) is 11.3 Å². The van der Waals surface area contributed by atoms with Crippen LogP contribution < -0.4 is 0 Å². The molecule has 3 aromatic rings. The fraction of sp³-hybridized carbons (Fsp3) is 0.167. The summed E-state index contributed by atoms with van der Waals surface area (Å²) < 4.78 is 10.3. The molecule has 0 aliphatic rings. The second kappa shape index (κ2) is 12.8. The van der Waals surface area contributed by atoms with Gasteiger partial charge in [0.05, 0.1) is 24.6 Å². The molecule has 35 heavy (non-hydrogen) atoms. The van der Waals surface area contributed by atoms with E-state index in [-0.39, 0.29) is 34.3 Å². The largest absolute Gasteiger partial charge is 0.462 e. The maximum atomic E-state index is 12.8. The Morgan fingerprint density at radius 3 is 1.43 bits per heavy atom. The van der Waals surface area contributed by atoms with Gasteiger partial charge in [-0.15, -0.1) is 0 Å². The summed E-state index contributed by atoms with van der Waals surface area (Å²) in [6, 6.07) is 18.5. The van der Waals surface area contributed by atoms with Gasteiger partial charge >= 0.3 is 11.9 Å². The lowest BCUT2D eigenvalue weighted by Crippen LogP contribution is -2.12. The van der Waals surface area contributed by atoms with Crippen LogP contribution in [0.5, 0.6) is 0 Å². The van der Waals surface area contributed by atoms with Crippen molar-refractivity contribution in [1.82, 2.24) is 0 Å². The average Bonchev–Trinajstić information content (AvgIpc) is 3.20. The van der Waals surface area contributed by atoms with Crippen molar-refractivity contribution in [1.29, 1.82) is 0 Å². The van der Waals surface area contributed by atoms with Gasteiger partial charge < -0.3 is 9.47 Å². The third-order valence-corrected chi connectivity index (χ3v) is 5.63. The number of aliphatic imine (C=N–C) groups is 4. The second-order valence-corrected chi connectivity index (χ2v) is 8.35. The zero-order valence-electron chi connectivity index (χ0n) is 18.6. The Labute approximate surface area is 215 Å². The van der Waals surface area contributed by atoms with E-state index >= 15 is 0 Å². The summed E-state index contributed by atoms with van der Waals surface area (Å²) in [7, 11) is 0. The normalized spacial score (nSPS) is 9.94. The molecule has 0 N–H and O–H groups in total. The fourth-order valence-corrected chi connectivity index (χ4v) is 3.82. The van der Waals surface area contributed by atoms with Crippen LogP contribution in [0, 0.1) is 0 Å². The van der Waals surface area contributed by atoms with E-state index in [1.807, 2.05) is 0 Å². The summed E-state index contributed by atoms with van der Waals surface area (Å²) in [4.78, 5) is 42.0. The Hall–Kier alpha value is -3.58. The van der Waals surface area contributed by atoms with Gasteiger partial charge in [0.2, 0.25) is 0 Å². The van der Waals surface area contributed by atoms with E-state index in [2.05, 4.69) is 32.0 Å². The molecule has 0 aliphatic carbocycles. The number of halogens is 2. The molecule has 0 atom stereocenters. The molecule has 178 valence electrons. The summed E-state index contributed by atoms with van der Waals surface area (Å²) in [6.07, 6.45) is 0. The van der Waals surface area contributed by atoms with Crippen LogP contribution in [0.15, 0.2) is 68.5 Å². The van der Waals surface area contributed by atoms with Crippen molar-refractivity contribution in [2.24, 2.45) is 20.0 Å². The highest BCUT2D eigenvalue weighted by molar-refractivity contribution is 7.20. The van der Waals surface area contributed by atoms with Crippen molar-refractivity contribution < 1.29 is 19.1 Å². The Bertz CT molecular complexity index is 1240. The number of carbonyl (C=O) groups excluding carboxylic acids is 2. The first-order valence-corrected chi connectivity index (χ1v) is 11.8. The first-order chi connectivity index (χ1) is 16.9. The van der Waals surface area contributed by atoms with Gasteiger partial charge in [-0.05, 0) is 62.4 Å². The van der Waals surface area contributed by atoms with Crippen molar-refractivity contribution >= 4 is 79.9 Å². The summed E-state index contributed by atoms with van der Waals surface area (Å²) in [6.45, 7) is 3.49. The topological polar surface area (TPSA) is 102 Å². The number of carbonyl (C=O) groups is 2. The maximum absolute atomic E-state index is 12.8. The minimum absolute atomic E-state index is 0.0928. The summed E-state index contributed by atoms with van der Waals surface area (Å²) in [5, 5.41) is 1.36. The smallest absolute Gasteiger partial charge is 0.342 e. The average molecular weight is 529 g/mol. The van der Waals surface area contributed by atoms with Gasteiger partial charge in [-0.3, -0.25) is 0 Å². The predicted octanol–water partition coefficient (Wildman–Crippen LogP) is 7.68. The molecule has 1 heterocycles. The van der Waals surface area contributed by atoms with Crippen molar-refractivity contribution in [3.63, 3.8) is 0 Å². The van der Waals surface area contributed by atoms with Crippen molar-refractivity contribution in [2.75, 3.05) is 13.2 Å². The van der Waals surface area contributed by atoms with Gasteiger partial charge in [0, 0.05) is 10.0 Å². The van der Waals surface area contributed by atoms with Crippen LogP contribution in [0.25, 0.3) is 0 Å². The Balaban J connectivity index is 2.10. The van der Waals surface area contributed by atoms with Gasteiger partial charge in [-0.2, -0.15) is 20.0 Å². The molecule has 11 heteroatoms. The van der Waals surface area contributed by atoms with Gasteiger partial charge in [-0.1, -0.05) is 34.5 Å². The summed E-state index contributed by atoms with van der Waals surface area (Å²) >= 11 is 12.7. The van der Waals surface area contributed by atoms with Crippen LogP contribution in [-0.4, -0.2) is 37.2 Å². The summed E-state index contributed by atoms with van der Waals surface area (Å²) in [5.41, 5.74) is 0.903. The van der Waals surface area contributed by atoms with Crippen LogP contribution in [-0.2, 0) is 9.47 Å². The lowest BCUT2D eigenvalue weighted by Gasteiger charge is -2.05. The molecule has 3 rings (SSSR count). The van der Waals surface area contributed by atoms with Crippen molar-refractivity contribution in [3.8, 4) is 0 Å². The van der Waals surface area contributed by atoms with E-state index in [1.165, 1.54) is 0 Å². The minimum atomic E-state index is -0.755. The third-order valence-electron chi connectivity index (χ3n) is 4.14. The molecule has 0 radical (unpaired) electrons. The van der Waals surface area contributed by atoms with Crippen LogP contribution in [0.3, 0.4) is 0 Å². The van der Waals surface area contributed by atoms with E-state index in [9.17, 15) is 9.59 Å². The standard InChI is InChI=1S/C24H18Cl2N4O4S/c1-3-33-23(31)19-20(24(32)34-4-2)22(30-14-28-18-11-7-16(26)8-12-18)35-21(19)29-13-27-17-9-5-15(25)6-10-17/h5-12H,3-4H2,1-2H3. The Morgan fingerprint density at radius 1 is 0.714 bits per heavy atom. The van der Waals surface area contributed by atoms with E-state index < -0.39 is 11.9 Å². The van der Waals surface area contributed by atoms with Crippen molar-refractivity contribution in [3.05, 3.63) is 69.7 Å². The molecule has 0 bridgehead atoms. The third kappa shape index (κ3) is 7.20. The number of hydrogen-bond acceptors (Lipinski definition) is 9. The predicted molar refractivity (Wildman–Crippen MR) is 138 cm³/mol. The number of nitrogens with zero attached hydrogens (tertiary/aromatic N) is 4. The zero-order chi connectivity index (χ0) is 25.2. The van der Waals surface area contributed by atoms with E-state index in [1.54, 1.807) is 62.4 Å². The molecular formula is C24H18Cl2N4O4S. The minimum Gasteiger partial charge on any atom is -0.462 e. The number of esters is 2. The lowest BCUT2D eigenvalue weighted by molar-refractivity contribution is 0.0481. The highest BCUT2D eigenvalue weighted by Crippen LogP contribution is 2.42. The molecular weight excluding hydrogens is 511 g/mol. The SMILES string of the molecule is CCOC(=O)c1c(N=C=Nc2ccc(Cl)cc2)sc(N=C=Nc2ccc(Cl)cc2)c1C(=O)OCC. The van der Waals surface area contributed by atoms with Crippen LogP contribution >= 0.6 is 34.5 Å².